The number of carbonyl (C=O) groups excluding carboxylic acids is 1. The highest BCUT2D eigenvalue weighted by Gasteiger charge is 2.49. The second kappa shape index (κ2) is 8.20. The minimum absolute atomic E-state index is 0.411. The first kappa shape index (κ1) is 20.4. The highest BCUT2D eigenvalue weighted by Crippen LogP contribution is 2.28. The first-order valence-corrected chi connectivity index (χ1v) is 7.81. The number of rotatable bonds is 4. The van der Waals surface area contributed by atoms with E-state index in [9.17, 15) is 35.4 Å². The van der Waals surface area contributed by atoms with E-state index in [1.165, 1.54) is 6.92 Å². The Balaban J connectivity index is 2.07. The van der Waals surface area contributed by atoms with E-state index in [0.29, 0.717) is 0 Å². The van der Waals surface area contributed by atoms with E-state index < -0.39 is 74.0 Å². The molecule has 0 amide bonds. The molecule has 2 rings (SSSR count). The molecule has 0 aromatic heterocycles. The van der Waals surface area contributed by atoms with E-state index in [1.807, 2.05) is 0 Å². The third kappa shape index (κ3) is 4.45. The summed E-state index contributed by atoms with van der Waals surface area (Å²) < 4.78 is 20.3. The lowest BCUT2D eigenvalue weighted by molar-refractivity contribution is -0.359. The van der Waals surface area contributed by atoms with Crippen molar-refractivity contribution in [1.29, 1.82) is 0 Å². The summed E-state index contributed by atoms with van der Waals surface area (Å²) in [5.41, 5.74) is 0. The molecule has 0 bridgehead atoms. The number of carbonyl (C=O) groups is 1. The van der Waals surface area contributed by atoms with E-state index in [4.69, 9.17) is 18.9 Å². The molecular formula is C14H24O11. The van der Waals surface area contributed by atoms with Crippen LogP contribution in [0, 0.1) is 0 Å². The topological polar surface area (TPSA) is 175 Å². The summed E-state index contributed by atoms with van der Waals surface area (Å²) in [6, 6.07) is 0. The molecule has 0 aromatic rings. The van der Waals surface area contributed by atoms with Crippen LogP contribution in [-0.4, -0.2) is 105 Å². The van der Waals surface area contributed by atoms with E-state index >= 15 is 0 Å². The highest BCUT2D eigenvalue weighted by molar-refractivity contribution is 5.65. The molecule has 0 aromatic carbocycles. The molecule has 0 unspecified atom stereocenters. The molecule has 2 fully saturated rings. The Labute approximate surface area is 143 Å². The van der Waals surface area contributed by atoms with Gasteiger partial charge in [-0.25, -0.2) is 0 Å². The molecule has 0 radical (unpaired) electrons. The Morgan fingerprint density at radius 1 is 0.920 bits per heavy atom. The minimum Gasteiger partial charge on any atom is -0.463 e. The van der Waals surface area contributed by atoms with Gasteiger partial charge in [-0.3, -0.25) is 4.79 Å². The van der Waals surface area contributed by atoms with Gasteiger partial charge < -0.3 is 49.6 Å². The van der Waals surface area contributed by atoms with Crippen molar-refractivity contribution in [2.24, 2.45) is 0 Å². The van der Waals surface area contributed by atoms with E-state index in [-0.39, 0.29) is 0 Å². The standard InChI is InChI=1S/C14H24O11/c1-4-7(16)10(19)12(13(21)23-4)25-14-11(20)9(18)8(17)6(24-14)3-22-5(2)15/h4,6-14,16-21H,3H2,1-2H3/t4-,6-,7-,8+,9+,10+,11-,12+,13+,14+/m1/s1. The summed E-state index contributed by atoms with van der Waals surface area (Å²) in [4.78, 5) is 10.9. The molecule has 0 saturated carbocycles. The summed E-state index contributed by atoms with van der Waals surface area (Å²) in [5, 5.41) is 59.5. The molecule has 11 nitrogen and oxygen atoms in total. The van der Waals surface area contributed by atoms with Crippen molar-refractivity contribution in [3.05, 3.63) is 0 Å². The van der Waals surface area contributed by atoms with Crippen LogP contribution in [0.1, 0.15) is 13.8 Å². The molecule has 10 atom stereocenters. The summed E-state index contributed by atoms with van der Waals surface area (Å²) in [6.45, 7) is 2.17. The first-order valence-electron chi connectivity index (χ1n) is 7.81. The van der Waals surface area contributed by atoms with Gasteiger partial charge in [-0.1, -0.05) is 0 Å². The Morgan fingerprint density at radius 3 is 2.16 bits per heavy atom. The van der Waals surface area contributed by atoms with Crippen LogP contribution >= 0.6 is 0 Å². The lowest BCUT2D eigenvalue weighted by atomic mass is 9.97. The zero-order valence-electron chi connectivity index (χ0n) is 13.7. The summed E-state index contributed by atoms with van der Waals surface area (Å²) in [6.07, 6.45) is -14.6. The summed E-state index contributed by atoms with van der Waals surface area (Å²) in [5.74, 6) is -0.641. The third-order valence-electron chi connectivity index (χ3n) is 4.21. The lowest BCUT2D eigenvalue weighted by Crippen LogP contribution is -2.63. The molecule has 146 valence electrons. The number of aliphatic hydroxyl groups excluding tert-OH is 6. The van der Waals surface area contributed by atoms with Gasteiger partial charge in [0.2, 0.25) is 0 Å². The molecular weight excluding hydrogens is 344 g/mol. The molecule has 0 spiro atoms. The quantitative estimate of drug-likeness (QED) is 0.268. The largest absolute Gasteiger partial charge is 0.463 e. The van der Waals surface area contributed by atoms with E-state index in [1.54, 1.807) is 0 Å². The van der Waals surface area contributed by atoms with Crippen LogP contribution in [0.25, 0.3) is 0 Å². The highest BCUT2D eigenvalue weighted by atomic mass is 16.7. The monoisotopic (exact) mass is 368 g/mol. The maximum absolute atomic E-state index is 10.9. The Hall–Kier alpha value is -0.890. The minimum atomic E-state index is -1.72. The molecule has 2 saturated heterocycles. The van der Waals surface area contributed by atoms with Gasteiger partial charge in [0.15, 0.2) is 12.6 Å². The lowest BCUT2D eigenvalue weighted by Gasteiger charge is -2.44. The maximum Gasteiger partial charge on any atom is 0.302 e. The Morgan fingerprint density at radius 2 is 1.56 bits per heavy atom. The smallest absolute Gasteiger partial charge is 0.302 e. The van der Waals surface area contributed by atoms with Gasteiger partial charge in [-0.05, 0) is 6.92 Å². The molecule has 11 heteroatoms. The summed E-state index contributed by atoms with van der Waals surface area (Å²) in [7, 11) is 0. The zero-order chi connectivity index (χ0) is 18.9. The maximum atomic E-state index is 10.9. The number of esters is 1. The normalized spacial score (nSPS) is 48.2. The van der Waals surface area contributed by atoms with Gasteiger partial charge in [0.25, 0.3) is 0 Å². The number of hydrogen-bond donors (Lipinski definition) is 6. The fraction of sp³-hybridized carbons (Fsp3) is 0.929. The van der Waals surface area contributed by atoms with Crippen molar-refractivity contribution < 1.29 is 54.4 Å². The van der Waals surface area contributed by atoms with Crippen molar-refractivity contribution in [1.82, 2.24) is 0 Å². The Bertz CT molecular complexity index is 460. The van der Waals surface area contributed by atoms with Crippen molar-refractivity contribution in [3.63, 3.8) is 0 Å². The van der Waals surface area contributed by atoms with Crippen LogP contribution in [0.2, 0.25) is 0 Å². The summed E-state index contributed by atoms with van der Waals surface area (Å²) >= 11 is 0. The molecule has 25 heavy (non-hydrogen) atoms. The van der Waals surface area contributed by atoms with Gasteiger partial charge in [-0.15, -0.1) is 0 Å². The number of aliphatic hydroxyl groups is 6. The molecule has 6 N–H and O–H groups in total. The SMILES string of the molecule is CC(=O)OC[C@H]1O[C@@H](O[C@H]2[C@@H](O)[C@H](O)[C@@H](C)O[C@@H]2O)[C@H](O)[C@@H](O)[C@H]1O. The van der Waals surface area contributed by atoms with Crippen LogP contribution in [0.5, 0.6) is 0 Å². The average Bonchev–Trinajstić information content (AvgIpc) is 2.55. The number of hydrogen-bond acceptors (Lipinski definition) is 11. The first-order chi connectivity index (χ1) is 11.6. The third-order valence-corrected chi connectivity index (χ3v) is 4.21. The van der Waals surface area contributed by atoms with Crippen molar-refractivity contribution in [2.75, 3.05) is 6.61 Å². The predicted octanol–water partition coefficient (Wildman–Crippen LogP) is -3.80. The van der Waals surface area contributed by atoms with Crippen LogP contribution in [-0.2, 0) is 23.7 Å². The molecule has 2 aliphatic rings. The van der Waals surface area contributed by atoms with Crippen LogP contribution in [0.4, 0.5) is 0 Å². The average molecular weight is 368 g/mol. The fourth-order valence-electron chi connectivity index (χ4n) is 2.69. The van der Waals surface area contributed by atoms with Gasteiger partial charge in [-0.2, -0.15) is 0 Å². The second-order valence-electron chi connectivity index (χ2n) is 6.13. The zero-order valence-corrected chi connectivity index (χ0v) is 13.7. The van der Waals surface area contributed by atoms with Crippen molar-refractivity contribution in [2.45, 2.75) is 75.3 Å². The van der Waals surface area contributed by atoms with Gasteiger partial charge in [0, 0.05) is 6.92 Å². The fourth-order valence-corrected chi connectivity index (χ4v) is 2.69. The van der Waals surface area contributed by atoms with Crippen LogP contribution in [0.3, 0.4) is 0 Å². The molecule has 2 heterocycles. The van der Waals surface area contributed by atoms with E-state index in [2.05, 4.69) is 0 Å². The van der Waals surface area contributed by atoms with Gasteiger partial charge in [0.05, 0.1) is 6.10 Å². The predicted molar refractivity (Wildman–Crippen MR) is 76.8 cm³/mol. The molecule has 0 aliphatic carbocycles. The van der Waals surface area contributed by atoms with Crippen molar-refractivity contribution in [3.8, 4) is 0 Å². The second-order valence-corrected chi connectivity index (χ2v) is 6.13. The van der Waals surface area contributed by atoms with Gasteiger partial charge in [0.1, 0.15) is 49.3 Å². The molecule has 2 aliphatic heterocycles. The van der Waals surface area contributed by atoms with Gasteiger partial charge >= 0.3 is 5.97 Å². The van der Waals surface area contributed by atoms with Crippen molar-refractivity contribution >= 4 is 5.97 Å². The van der Waals surface area contributed by atoms with Crippen LogP contribution in [0.15, 0.2) is 0 Å². The van der Waals surface area contributed by atoms with E-state index in [0.717, 1.165) is 6.92 Å². The Kier molecular flexibility index (Phi) is 6.70. The number of ether oxygens (including phenoxy) is 4. The van der Waals surface area contributed by atoms with Crippen LogP contribution < -0.4 is 0 Å².